The van der Waals surface area contributed by atoms with Crippen molar-refractivity contribution in [3.63, 3.8) is 0 Å². The van der Waals surface area contributed by atoms with Crippen molar-refractivity contribution in [3.8, 4) is 33.4 Å². The molecule has 0 saturated heterocycles. The van der Waals surface area contributed by atoms with Crippen LogP contribution in [0.5, 0.6) is 0 Å². The molecule has 0 unspecified atom stereocenters. The Kier molecular flexibility index (Phi) is 11.9. The van der Waals surface area contributed by atoms with Crippen LogP contribution in [0.25, 0.3) is 33.4 Å². The van der Waals surface area contributed by atoms with E-state index in [9.17, 15) is 0 Å². The van der Waals surface area contributed by atoms with E-state index in [1.54, 1.807) is 0 Å². The van der Waals surface area contributed by atoms with E-state index < -0.39 is 0 Å². The number of hydrogen-bond donors (Lipinski definition) is 0. The van der Waals surface area contributed by atoms with E-state index in [-0.39, 0.29) is 23.0 Å². The highest BCUT2D eigenvalue weighted by molar-refractivity contribution is 7.00. The van der Waals surface area contributed by atoms with Crippen LogP contribution < -0.4 is 31.1 Å². The lowest BCUT2D eigenvalue weighted by Crippen LogP contribution is -2.61. The van der Waals surface area contributed by atoms with Gasteiger partial charge < -0.3 is 14.7 Å². The minimum absolute atomic E-state index is 0.0323. The van der Waals surface area contributed by atoms with Crippen LogP contribution in [-0.4, -0.2) is 6.71 Å². The molecule has 0 aromatic heterocycles. The van der Waals surface area contributed by atoms with Crippen LogP contribution in [0, 0.1) is 34.6 Å². The third-order valence-electron chi connectivity index (χ3n) is 17.8. The number of nitrogens with zero attached hydrogens (tertiary/aromatic N) is 3. The van der Waals surface area contributed by atoms with E-state index in [1.807, 2.05) is 0 Å². The molecule has 2 heterocycles. The Labute approximate surface area is 476 Å². The summed E-state index contributed by atoms with van der Waals surface area (Å²) in [6.45, 7) is 30.1. The fourth-order valence-electron chi connectivity index (χ4n) is 13.9. The van der Waals surface area contributed by atoms with Crippen LogP contribution in [0.15, 0.2) is 200 Å². The van der Waals surface area contributed by atoms with Gasteiger partial charge in [-0.15, -0.1) is 0 Å². The highest BCUT2D eigenvalue weighted by Crippen LogP contribution is 2.53. The Morgan fingerprint density at radius 1 is 0.388 bits per heavy atom. The number of hydrogen-bond acceptors (Lipinski definition) is 3. The molecule has 0 N–H and O–H groups in total. The first-order valence-electron chi connectivity index (χ1n) is 28.8. The highest BCUT2D eigenvalue weighted by Gasteiger charge is 2.45. The van der Waals surface area contributed by atoms with Gasteiger partial charge in [0.2, 0.25) is 0 Å². The highest BCUT2D eigenvalue weighted by atomic mass is 15.2. The zero-order valence-corrected chi connectivity index (χ0v) is 49.0. The van der Waals surface area contributed by atoms with Gasteiger partial charge in [0.15, 0.2) is 0 Å². The molecule has 2 aliphatic heterocycles. The van der Waals surface area contributed by atoms with Gasteiger partial charge in [0.1, 0.15) is 0 Å². The van der Waals surface area contributed by atoms with E-state index in [2.05, 4.69) is 305 Å². The van der Waals surface area contributed by atoms with E-state index >= 15 is 0 Å². The second kappa shape index (κ2) is 18.6. The van der Waals surface area contributed by atoms with Crippen molar-refractivity contribution in [2.45, 2.75) is 106 Å². The lowest BCUT2D eigenvalue weighted by Gasteiger charge is -2.45. The molecule has 0 bridgehead atoms. The van der Waals surface area contributed by atoms with Crippen molar-refractivity contribution in [1.29, 1.82) is 0 Å². The molecule has 10 aromatic rings. The number of benzene rings is 10. The average molecular weight is 1040 g/mol. The van der Waals surface area contributed by atoms with Gasteiger partial charge in [0.25, 0.3) is 6.71 Å². The van der Waals surface area contributed by atoms with Crippen molar-refractivity contribution >= 4 is 74.3 Å². The first kappa shape index (κ1) is 51.1. The third-order valence-corrected chi connectivity index (χ3v) is 17.8. The van der Waals surface area contributed by atoms with Gasteiger partial charge in [-0.3, -0.25) is 0 Å². The predicted molar refractivity (Wildman–Crippen MR) is 345 cm³/mol. The van der Waals surface area contributed by atoms with Gasteiger partial charge in [-0.1, -0.05) is 177 Å². The first-order chi connectivity index (χ1) is 38.3. The van der Waals surface area contributed by atoms with Crippen molar-refractivity contribution in [3.05, 3.63) is 250 Å². The van der Waals surface area contributed by atoms with Crippen LogP contribution in [0.1, 0.15) is 105 Å². The number of anilines is 9. The maximum Gasteiger partial charge on any atom is 0.252 e. The summed E-state index contributed by atoms with van der Waals surface area (Å²) < 4.78 is 0. The lowest BCUT2D eigenvalue weighted by molar-refractivity contribution is 0.590. The fourth-order valence-corrected chi connectivity index (χ4v) is 13.9. The first-order valence-corrected chi connectivity index (χ1v) is 28.8. The van der Waals surface area contributed by atoms with Crippen LogP contribution in [0.3, 0.4) is 0 Å². The molecule has 80 heavy (non-hydrogen) atoms. The molecule has 0 fully saturated rings. The van der Waals surface area contributed by atoms with Crippen molar-refractivity contribution in [2.24, 2.45) is 0 Å². The van der Waals surface area contributed by atoms with Crippen LogP contribution >= 0.6 is 0 Å². The van der Waals surface area contributed by atoms with Crippen molar-refractivity contribution < 1.29 is 0 Å². The quantitative estimate of drug-likeness (QED) is 0.147. The van der Waals surface area contributed by atoms with Crippen molar-refractivity contribution in [1.82, 2.24) is 0 Å². The Morgan fingerprint density at radius 2 is 0.887 bits per heavy atom. The van der Waals surface area contributed by atoms with Crippen molar-refractivity contribution in [2.75, 3.05) is 14.7 Å². The zero-order valence-electron chi connectivity index (χ0n) is 49.0. The summed E-state index contributed by atoms with van der Waals surface area (Å²) in [4.78, 5) is 7.71. The monoisotopic (exact) mass is 1040 g/mol. The number of rotatable bonds is 7. The Bertz CT molecular complexity index is 3980. The topological polar surface area (TPSA) is 9.72 Å². The lowest BCUT2D eigenvalue weighted by atomic mass is 9.33. The second-order valence-electron chi connectivity index (χ2n) is 25.8. The van der Waals surface area contributed by atoms with Gasteiger partial charge in [0, 0.05) is 56.6 Å². The normalized spacial score (nSPS) is 13.8. The van der Waals surface area contributed by atoms with Gasteiger partial charge in [-0.2, -0.15) is 0 Å². The maximum absolute atomic E-state index is 2.63. The summed E-state index contributed by atoms with van der Waals surface area (Å²) in [5.41, 5.74) is 33.6. The number of aryl methyl sites for hydroxylation is 5. The van der Waals surface area contributed by atoms with Gasteiger partial charge in [-0.05, 0) is 224 Å². The van der Waals surface area contributed by atoms with Gasteiger partial charge >= 0.3 is 0 Å². The standard InChI is InChI=1S/C76H72BN3/c1-47-38-69-73-70(39-47)80(57-33-35-62-61-26-20-21-27-63(61)76(12,13)64(62)45-57)68-46-58(34-36-65(68)77(73)66-44-55(75(9,10)11)30-37-67(66)79(69)56-31-28-54(29-32-56)74(6,7)8)78(59-40-48(2)71(49(3)41-59)52-22-16-14-17-23-52)60-42-50(4)72(51(5)43-60)53-24-18-15-19-25-53/h14-46H,1-13H3. The summed E-state index contributed by atoms with van der Waals surface area (Å²) in [5.74, 6) is 0. The minimum atomic E-state index is -0.185. The zero-order chi connectivity index (χ0) is 55.7. The fraction of sp³-hybridized carbons (Fsp3) is 0.211. The van der Waals surface area contributed by atoms with Gasteiger partial charge in [0.05, 0.1) is 0 Å². The van der Waals surface area contributed by atoms with Crippen LogP contribution in [0.4, 0.5) is 51.2 Å². The molecule has 0 atom stereocenters. The molecule has 0 spiro atoms. The molecule has 3 aliphatic rings. The number of fused-ring (bicyclic) bond motifs is 7. The minimum Gasteiger partial charge on any atom is -0.311 e. The molecule has 1 aliphatic carbocycles. The Hall–Kier alpha value is -8.34. The molecule has 10 aromatic carbocycles. The Morgan fingerprint density at radius 3 is 1.45 bits per heavy atom. The molecule has 4 heteroatoms. The molecule has 394 valence electrons. The molecular formula is C76H72BN3. The summed E-state index contributed by atoms with van der Waals surface area (Å²) in [7, 11) is 0. The maximum atomic E-state index is 2.63. The predicted octanol–water partition coefficient (Wildman–Crippen LogP) is 19.0. The molecule has 0 saturated carbocycles. The third kappa shape index (κ3) is 8.24. The van der Waals surface area contributed by atoms with E-state index in [1.165, 1.54) is 128 Å². The SMILES string of the molecule is Cc1cc2c3c(c1)N(c1ccc4c(c1)C(C)(C)c1ccccc1-4)c1cc(N(c4cc(C)c(-c5ccccc5)c(C)c4)c4cc(C)c(-c5ccccc5)c(C)c4)ccc1B3c1cc(C(C)(C)C)ccc1N2c1ccc(C(C)(C)C)cc1. The molecule has 3 nitrogen and oxygen atoms in total. The smallest absolute Gasteiger partial charge is 0.252 e. The van der Waals surface area contributed by atoms with E-state index in [4.69, 9.17) is 0 Å². The van der Waals surface area contributed by atoms with Crippen LogP contribution in [0.2, 0.25) is 0 Å². The summed E-state index contributed by atoms with van der Waals surface area (Å²) >= 11 is 0. The summed E-state index contributed by atoms with van der Waals surface area (Å²) in [5, 5.41) is 0. The molecule has 0 radical (unpaired) electrons. The summed E-state index contributed by atoms with van der Waals surface area (Å²) in [6, 6.07) is 76.7. The largest absolute Gasteiger partial charge is 0.311 e. The molecule has 13 rings (SSSR count). The van der Waals surface area contributed by atoms with Crippen LogP contribution in [-0.2, 0) is 16.2 Å². The average Bonchev–Trinajstić information content (AvgIpc) is 3.82. The van der Waals surface area contributed by atoms with E-state index in [0.717, 1.165) is 22.7 Å². The molecular weight excluding hydrogens is 966 g/mol. The molecule has 0 amide bonds. The van der Waals surface area contributed by atoms with Gasteiger partial charge in [-0.25, -0.2) is 0 Å². The van der Waals surface area contributed by atoms with E-state index in [0.29, 0.717) is 0 Å². The second-order valence-corrected chi connectivity index (χ2v) is 25.8. The summed E-state index contributed by atoms with van der Waals surface area (Å²) in [6.07, 6.45) is 0. The Balaban J connectivity index is 1.09.